The molecular formula is C19H19N5S. The number of pyridine rings is 1. The van der Waals surface area contributed by atoms with Gasteiger partial charge in [-0.1, -0.05) is 36.4 Å². The summed E-state index contributed by atoms with van der Waals surface area (Å²) >= 11 is 1.68. The van der Waals surface area contributed by atoms with Crippen molar-refractivity contribution in [2.24, 2.45) is 0 Å². The Kier molecular flexibility index (Phi) is 5.33. The largest absolute Gasteiger partial charge is 0.383 e. The molecule has 126 valence electrons. The lowest BCUT2D eigenvalue weighted by molar-refractivity contribution is 1.02. The Morgan fingerprint density at radius 2 is 1.76 bits per heavy atom. The number of hydrogen-bond donors (Lipinski definition) is 2. The molecule has 0 radical (unpaired) electrons. The summed E-state index contributed by atoms with van der Waals surface area (Å²) in [5.41, 5.74) is 9.62. The maximum absolute atomic E-state index is 5.98. The second-order valence-electron chi connectivity index (χ2n) is 5.36. The van der Waals surface area contributed by atoms with Crippen molar-refractivity contribution in [3.05, 3.63) is 60.2 Å². The molecular weight excluding hydrogens is 330 g/mol. The van der Waals surface area contributed by atoms with Crippen LogP contribution in [0.4, 0.5) is 5.82 Å². The third-order valence-corrected chi connectivity index (χ3v) is 4.39. The van der Waals surface area contributed by atoms with E-state index in [4.69, 9.17) is 10.7 Å². The van der Waals surface area contributed by atoms with Crippen LogP contribution in [0.5, 0.6) is 0 Å². The average Bonchev–Trinajstić information content (AvgIpc) is 3.17. The van der Waals surface area contributed by atoms with Gasteiger partial charge < -0.3 is 11.1 Å². The second kappa shape index (κ2) is 7.83. The molecule has 0 saturated carbocycles. The Bertz CT molecular complexity index is 952. The van der Waals surface area contributed by atoms with Crippen LogP contribution in [0.2, 0.25) is 0 Å². The van der Waals surface area contributed by atoms with Gasteiger partial charge in [-0.05, 0) is 31.6 Å². The fourth-order valence-corrected chi connectivity index (χ4v) is 3.18. The Balaban J connectivity index is 0.000000569. The summed E-state index contributed by atoms with van der Waals surface area (Å²) in [6.45, 7) is 0. The van der Waals surface area contributed by atoms with Gasteiger partial charge in [-0.25, -0.2) is 15.0 Å². The Morgan fingerprint density at radius 3 is 2.44 bits per heavy atom. The van der Waals surface area contributed by atoms with Crippen LogP contribution in [0.25, 0.3) is 32.7 Å². The van der Waals surface area contributed by atoms with Gasteiger partial charge in [0.2, 0.25) is 0 Å². The third-order valence-electron chi connectivity index (χ3n) is 3.49. The number of aromatic nitrogens is 3. The average molecular weight is 349 g/mol. The summed E-state index contributed by atoms with van der Waals surface area (Å²) in [7, 11) is 3.75. The molecule has 0 aliphatic heterocycles. The zero-order valence-corrected chi connectivity index (χ0v) is 14.9. The van der Waals surface area contributed by atoms with Crippen molar-refractivity contribution in [3.8, 4) is 21.7 Å². The van der Waals surface area contributed by atoms with Gasteiger partial charge in [0, 0.05) is 16.0 Å². The standard InChI is InChI=1S/C17H12N4S.C2H7N/c18-16-13-9-12(14-7-4-8-22-14)15(11-5-2-1-3-6-11)21-17(13)20-10-19-16;1-3-2/h1-10H,(H2,18,19,20,21);3H,1-2H3. The number of nitrogen functional groups attached to an aromatic ring is 1. The normalized spacial score (nSPS) is 10.3. The van der Waals surface area contributed by atoms with E-state index in [0.29, 0.717) is 11.5 Å². The summed E-state index contributed by atoms with van der Waals surface area (Å²) in [5.74, 6) is 0.454. The van der Waals surface area contributed by atoms with E-state index in [-0.39, 0.29) is 0 Å². The molecule has 3 N–H and O–H groups in total. The first-order valence-corrected chi connectivity index (χ1v) is 8.71. The zero-order chi connectivity index (χ0) is 17.6. The van der Waals surface area contributed by atoms with Gasteiger partial charge in [-0.3, -0.25) is 0 Å². The fraction of sp³-hybridized carbons (Fsp3) is 0.105. The molecule has 4 rings (SSSR count). The number of anilines is 1. The quantitative estimate of drug-likeness (QED) is 0.575. The number of benzene rings is 1. The molecule has 0 spiro atoms. The third kappa shape index (κ3) is 3.65. The van der Waals surface area contributed by atoms with E-state index in [9.17, 15) is 0 Å². The Labute approximate surface area is 150 Å². The molecule has 0 unspecified atom stereocenters. The molecule has 6 heteroatoms. The highest BCUT2D eigenvalue weighted by Crippen LogP contribution is 2.35. The predicted octanol–water partition coefficient (Wildman–Crippen LogP) is 3.84. The molecule has 3 aromatic heterocycles. The minimum Gasteiger partial charge on any atom is -0.383 e. The molecule has 1 aromatic carbocycles. The molecule has 4 aromatic rings. The maximum atomic E-state index is 5.98. The van der Waals surface area contributed by atoms with E-state index in [2.05, 4.69) is 38.9 Å². The SMILES string of the molecule is CNC.Nc1ncnc2nc(-c3ccccc3)c(-c3cccs3)cc12. The lowest BCUT2D eigenvalue weighted by Crippen LogP contribution is -1.97. The lowest BCUT2D eigenvalue weighted by Gasteiger charge is -2.10. The van der Waals surface area contributed by atoms with Crippen molar-refractivity contribution in [3.63, 3.8) is 0 Å². The monoisotopic (exact) mass is 349 g/mol. The molecule has 3 heterocycles. The van der Waals surface area contributed by atoms with E-state index in [1.807, 2.05) is 44.4 Å². The first-order valence-electron chi connectivity index (χ1n) is 7.83. The minimum absolute atomic E-state index is 0.454. The van der Waals surface area contributed by atoms with E-state index >= 15 is 0 Å². The highest BCUT2D eigenvalue weighted by atomic mass is 32.1. The summed E-state index contributed by atoms with van der Waals surface area (Å²) < 4.78 is 0. The number of rotatable bonds is 2. The predicted molar refractivity (Wildman–Crippen MR) is 105 cm³/mol. The number of nitrogens with two attached hydrogens (primary N) is 1. The zero-order valence-electron chi connectivity index (χ0n) is 14.1. The highest BCUT2D eigenvalue weighted by Gasteiger charge is 2.14. The first kappa shape index (κ1) is 17.0. The second-order valence-corrected chi connectivity index (χ2v) is 6.31. The Hall–Kier alpha value is -2.83. The lowest BCUT2D eigenvalue weighted by atomic mass is 10.0. The van der Waals surface area contributed by atoms with Crippen LogP contribution in [0.15, 0.2) is 60.2 Å². The summed E-state index contributed by atoms with van der Waals surface area (Å²) in [6.07, 6.45) is 1.45. The van der Waals surface area contributed by atoms with Crippen molar-refractivity contribution in [1.29, 1.82) is 0 Å². The summed E-state index contributed by atoms with van der Waals surface area (Å²) in [5, 5.41) is 5.59. The molecule has 0 aliphatic carbocycles. The fourth-order valence-electron chi connectivity index (χ4n) is 2.44. The molecule has 0 amide bonds. The molecule has 25 heavy (non-hydrogen) atoms. The van der Waals surface area contributed by atoms with Gasteiger partial charge in [0.25, 0.3) is 0 Å². The van der Waals surface area contributed by atoms with Crippen molar-refractivity contribution in [2.45, 2.75) is 0 Å². The first-order chi connectivity index (χ1) is 12.2. The van der Waals surface area contributed by atoms with Crippen LogP contribution in [-0.2, 0) is 0 Å². The number of hydrogen-bond acceptors (Lipinski definition) is 6. The highest BCUT2D eigenvalue weighted by molar-refractivity contribution is 7.13. The van der Waals surface area contributed by atoms with Gasteiger partial charge in [0.05, 0.1) is 11.1 Å². The van der Waals surface area contributed by atoms with Gasteiger partial charge in [-0.2, -0.15) is 0 Å². The number of nitrogens with zero attached hydrogens (tertiary/aromatic N) is 3. The van der Waals surface area contributed by atoms with Crippen molar-refractivity contribution in [1.82, 2.24) is 20.3 Å². The number of thiophene rings is 1. The molecule has 0 bridgehead atoms. The van der Waals surface area contributed by atoms with Gasteiger partial charge in [-0.15, -0.1) is 11.3 Å². The van der Waals surface area contributed by atoms with Crippen LogP contribution in [0.3, 0.4) is 0 Å². The van der Waals surface area contributed by atoms with E-state index in [1.165, 1.54) is 6.33 Å². The Morgan fingerprint density at radius 1 is 1.00 bits per heavy atom. The van der Waals surface area contributed by atoms with Crippen LogP contribution in [-0.4, -0.2) is 29.0 Å². The van der Waals surface area contributed by atoms with E-state index in [1.54, 1.807) is 11.3 Å². The number of fused-ring (bicyclic) bond motifs is 1. The van der Waals surface area contributed by atoms with E-state index < -0.39 is 0 Å². The smallest absolute Gasteiger partial charge is 0.165 e. The van der Waals surface area contributed by atoms with Crippen molar-refractivity contribution < 1.29 is 0 Å². The number of nitrogens with one attached hydrogen (secondary N) is 1. The molecule has 0 atom stereocenters. The topological polar surface area (TPSA) is 76.7 Å². The van der Waals surface area contributed by atoms with Crippen LogP contribution in [0, 0.1) is 0 Å². The van der Waals surface area contributed by atoms with Crippen LogP contribution in [0.1, 0.15) is 0 Å². The van der Waals surface area contributed by atoms with Gasteiger partial charge in [0.15, 0.2) is 5.65 Å². The summed E-state index contributed by atoms with van der Waals surface area (Å²) in [6, 6.07) is 16.3. The van der Waals surface area contributed by atoms with Crippen molar-refractivity contribution in [2.75, 3.05) is 19.8 Å². The molecule has 5 nitrogen and oxygen atoms in total. The van der Waals surface area contributed by atoms with Crippen LogP contribution < -0.4 is 11.1 Å². The molecule has 0 fully saturated rings. The molecule has 0 saturated heterocycles. The van der Waals surface area contributed by atoms with Gasteiger partial charge >= 0.3 is 0 Å². The van der Waals surface area contributed by atoms with Crippen LogP contribution >= 0.6 is 11.3 Å². The molecule has 0 aliphatic rings. The van der Waals surface area contributed by atoms with Crippen molar-refractivity contribution >= 4 is 28.2 Å². The van der Waals surface area contributed by atoms with E-state index in [0.717, 1.165) is 27.1 Å². The minimum atomic E-state index is 0.454. The van der Waals surface area contributed by atoms with Gasteiger partial charge in [0.1, 0.15) is 12.1 Å². The maximum Gasteiger partial charge on any atom is 0.165 e. The summed E-state index contributed by atoms with van der Waals surface area (Å²) in [4.78, 5) is 14.2.